The third kappa shape index (κ3) is 6.05. The van der Waals surface area contributed by atoms with E-state index in [9.17, 15) is 26.4 Å². The van der Waals surface area contributed by atoms with Gasteiger partial charge >= 0.3 is 12.1 Å². The first-order valence-electron chi connectivity index (χ1n) is 10.0. The van der Waals surface area contributed by atoms with Gasteiger partial charge in [-0.25, -0.2) is 18.2 Å². The summed E-state index contributed by atoms with van der Waals surface area (Å²) in [6.45, 7) is 2.72. The molecule has 0 radical (unpaired) electrons. The Hall–Kier alpha value is -3.72. The molecule has 15 heteroatoms. The predicted octanol–water partition coefficient (Wildman–Crippen LogP) is 2.20. The number of nitrogens with zero attached hydrogens (tertiary/aromatic N) is 4. The average molecular weight is 515 g/mol. The van der Waals surface area contributed by atoms with E-state index in [1.165, 1.54) is 29.0 Å². The van der Waals surface area contributed by atoms with Crippen LogP contribution < -0.4 is 5.32 Å². The second-order valence-corrected chi connectivity index (χ2v) is 9.11. The molecule has 1 aliphatic heterocycles. The van der Waals surface area contributed by atoms with Crippen molar-refractivity contribution in [2.45, 2.75) is 37.1 Å². The molecule has 188 valence electrons. The lowest BCUT2D eigenvalue weighted by molar-refractivity contribution is -0.192. The molecule has 1 atom stereocenters. The summed E-state index contributed by atoms with van der Waals surface area (Å²) in [6.07, 6.45) is 0.961. The summed E-state index contributed by atoms with van der Waals surface area (Å²) in [6, 6.07) is 6.11. The predicted molar refractivity (Wildman–Crippen MR) is 112 cm³/mol. The van der Waals surface area contributed by atoms with Gasteiger partial charge < -0.3 is 19.4 Å². The number of furan rings is 1. The standard InChI is InChI=1S/C18H19N5O4S.C2HF3O2/c1-13-17-21-16(18(24)20-10-14-4-3-9-27-14)12-22(17)7-8-23(13)28(25,26)15-5-2-6-19-11-15;3-2(4,5)1(6)7/h2-6,9,11-13H,7-8,10H2,1H3,(H,20,24);(H,6,7). The Morgan fingerprint density at radius 2 is 1.97 bits per heavy atom. The number of hydrogen-bond acceptors (Lipinski definition) is 7. The fourth-order valence-electron chi connectivity index (χ4n) is 3.22. The molecule has 0 fully saturated rings. The number of pyridine rings is 1. The van der Waals surface area contributed by atoms with E-state index in [-0.39, 0.29) is 29.6 Å². The number of carboxylic acids is 1. The van der Waals surface area contributed by atoms with Crippen molar-refractivity contribution in [3.8, 4) is 0 Å². The minimum Gasteiger partial charge on any atom is -0.475 e. The van der Waals surface area contributed by atoms with Gasteiger partial charge in [0.15, 0.2) is 0 Å². The van der Waals surface area contributed by atoms with E-state index in [0.717, 1.165) is 0 Å². The molecule has 0 saturated heterocycles. The summed E-state index contributed by atoms with van der Waals surface area (Å²) in [7, 11) is -3.70. The van der Waals surface area contributed by atoms with Gasteiger partial charge in [-0.15, -0.1) is 0 Å². The second kappa shape index (κ2) is 10.3. The van der Waals surface area contributed by atoms with Crippen molar-refractivity contribution in [1.82, 2.24) is 24.2 Å². The van der Waals surface area contributed by atoms with E-state index >= 15 is 0 Å². The zero-order valence-electron chi connectivity index (χ0n) is 18.1. The number of fused-ring (bicyclic) bond motifs is 1. The fraction of sp³-hybridized carbons (Fsp3) is 0.300. The maximum absolute atomic E-state index is 12.9. The molecule has 1 unspecified atom stereocenters. The average Bonchev–Trinajstić information content (AvgIpc) is 3.48. The van der Waals surface area contributed by atoms with Crippen molar-refractivity contribution in [2.75, 3.05) is 6.54 Å². The van der Waals surface area contributed by atoms with E-state index in [1.54, 1.807) is 31.3 Å². The van der Waals surface area contributed by atoms with Crippen LogP contribution in [-0.2, 0) is 27.9 Å². The molecule has 0 saturated carbocycles. The number of aromatic nitrogens is 3. The highest BCUT2D eigenvalue weighted by atomic mass is 32.2. The highest BCUT2D eigenvalue weighted by molar-refractivity contribution is 7.89. The Kier molecular flexibility index (Phi) is 7.60. The number of carbonyl (C=O) groups excluding carboxylic acids is 1. The lowest BCUT2D eigenvalue weighted by atomic mass is 10.2. The van der Waals surface area contributed by atoms with E-state index < -0.39 is 28.2 Å². The van der Waals surface area contributed by atoms with Crippen LogP contribution in [-0.4, -0.2) is 57.0 Å². The van der Waals surface area contributed by atoms with Crippen molar-refractivity contribution in [1.29, 1.82) is 0 Å². The largest absolute Gasteiger partial charge is 0.490 e. The van der Waals surface area contributed by atoms with E-state index in [2.05, 4.69) is 15.3 Å². The van der Waals surface area contributed by atoms with Crippen molar-refractivity contribution in [2.24, 2.45) is 0 Å². The Bertz CT molecular complexity index is 1280. The quantitative estimate of drug-likeness (QED) is 0.526. The number of sulfonamides is 1. The molecular formula is C20H20F3N5O6S. The number of carbonyl (C=O) groups is 2. The molecule has 1 aliphatic rings. The molecule has 4 heterocycles. The summed E-state index contributed by atoms with van der Waals surface area (Å²) >= 11 is 0. The third-order valence-electron chi connectivity index (χ3n) is 4.89. The molecule has 2 N–H and O–H groups in total. The lowest BCUT2D eigenvalue weighted by Crippen LogP contribution is -2.41. The minimum absolute atomic E-state index is 0.137. The smallest absolute Gasteiger partial charge is 0.475 e. The van der Waals surface area contributed by atoms with Crippen LogP contribution in [0.1, 0.15) is 35.0 Å². The third-order valence-corrected chi connectivity index (χ3v) is 6.85. The topological polar surface area (TPSA) is 148 Å². The van der Waals surface area contributed by atoms with Crippen molar-refractivity contribution in [3.05, 3.63) is 66.4 Å². The molecule has 0 aromatic carbocycles. The number of hydrogen-bond donors (Lipinski definition) is 2. The first-order valence-corrected chi connectivity index (χ1v) is 11.4. The number of aliphatic carboxylic acids is 1. The number of halogens is 3. The van der Waals surface area contributed by atoms with E-state index in [0.29, 0.717) is 18.1 Å². The molecule has 4 rings (SSSR count). The molecule has 0 aliphatic carbocycles. The number of amides is 1. The van der Waals surface area contributed by atoms with Gasteiger partial charge in [-0.3, -0.25) is 9.78 Å². The van der Waals surface area contributed by atoms with E-state index in [4.69, 9.17) is 14.3 Å². The van der Waals surface area contributed by atoms with Gasteiger partial charge in [-0.2, -0.15) is 17.5 Å². The first-order chi connectivity index (χ1) is 16.4. The van der Waals surface area contributed by atoms with Gasteiger partial charge in [-0.05, 0) is 31.2 Å². The van der Waals surface area contributed by atoms with Crippen molar-refractivity contribution in [3.63, 3.8) is 0 Å². The summed E-state index contributed by atoms with van der Waals surface area (Å²) in [4.78, 5) is 29.7. The summed E-state index contributed by atoms with van der Waals surface area (Å²) in [5, 5.41) is 9.87. The van der Waals surface area contributed by atoms with Gasteiger partial charge in [0.2, 0.25) is 10.0 Å². The highest BCUT2D eigenvalue weighted by Gasteiger charge is 2.38. The van der Waals surface area contributed by atoms with Gasteiger partial charge in [0.25, 0.3) is 5.91 Å². The van der Waals surface area contributed by atoms with E-state index in [1.807, 2.05) is 4.57 Å². The first kappa shape index (κ1) is 25.9. The Morgan fingerprint density at radius 3 is 2.54 bits per heavy atom. The Morgan fingerprint density at radius 1 is 1.26 bits per heavy atom. The number of nitrogens with one attached hydrogen (secondary N) is 1. The summed E-state index contributed by atoms with van der Waals surface area (Å²) in [5.74, 6) is -1.93. The van der Waals surface area contributed by atoms with Crippen LogP contribution in [0.3, 0.4) is 0 Å². The highest BCUT2D eigenvalue weighted by Crippen LogP contribution is 2.30. The molecule has 3 aromatic heterocycles. The Balaban J connectivity index is 0.000000429. The molecule has 1 amide bonds. The molecule has 0 spiro atoms. The zero-order chi connectivity index (χ0) is 25.8. The number of carboxylic acid groups (broad SMARTS) is 1. The number of imidazole rings is 1. The van der Waals surface area contributed by atoms with Crippen LogP contribution in [0.4, 0.5) is 13.2 Å². The van der Waals surface area contributed by atoms with Gasteiger partial charge in [-0.1, -0.05) is 0 Å². The van der Waals surface area contributed by atoms with Crippen LogP contribution in [0.15, 0.2) is 58.4 Å². The number of rotatable bonds is 5. The molecule has 0 bridgehead atoms. The molecular weight excluding hydrogens is 495 g/mol. The normalized spacial score (nSPS) is 16.1. The van der Waals surface area contributed by atoms with Crippen LogP contribution in [0.5, 0.6) is 0 Å². The zero-order valence-corrected chi connectivity index (χ0v) is 19.0. The maximum atomic E-state index is 12.9. The molecule has 11 nitrogen and oxygen atoms in total. The van der Waals surface area contributed by atoms with Crippen molar-refractivity contribution >= 4 is 21.9 Å². The summed E-state index contributed by atoms with van der Waals surface area (Å²) < 4.78 is 66.0. The van der Waals surface area contributed by atoms with Crippen LogP contribution in [0, 0.1) is 0 Å². The monoisotopic (exact) mass is 515 g/mol. The number of alkyl halides is 3. The van der Waals surface area contributed by atoms with Gasteiger partial charge in [0, 0.05) is 31.7 Å². The van der Waals surface area contributed by atoms with Gasteiger partial charge in [0.1, 0.15) is 22.2 Å². The minimum atomic E-state index is -5.08. The van der Waals surface area contributed by atoms with Gasteiger partial charge in [0.05, 0.1) is 18.8 Å². The lowest BCUT2D eigenvalue weighted by Gasteiger charge is -2.32. The van der Waals surface area contributed by atoms with Crippen LogP contribution in [0.25, 0.3) is 0 Å². The molecule has 3 aromatic rings. The molecule has 35 heavy (non-hydrogen) atoms. The second-order valence-electron chi connectivity index (χ2n) is 7.22. The SMILES string of the molecule is CC1c2nc(C(=O)NCc3ccco3)cn2CCN1S(=O)(=O)c1cccnc1.O=C(O)C(F)(F)F. The Labute approximate surface area is 197 Å². The summed E-state index contributed by atoms with van der Waals surface area (Å²) in [5.41, 5.74) is 0.244. The fourth-order valence-corrected chi connectivity index (χ4v) is 4.76. The van der Waals surface area contributed by atoms with Crippen LogP contribution >= 0.6 is 0 Å². The van der Waals surface area contributed by atoms with Crippen molar-refractivity contribution < 1.29 is 40.7 Å². The maximum Gasteiger partial charge on any atom is 0.490 e. The van der Waals surface area contributed by atoms with Crippen LogP contribution in [0.2, 0.25) is 0 Å².